The van der Waals surface area contributed by atoms with Gasteiger partial charge in [0.1, 0.15) is 12.1 Å². The van der Waals surface area contributed by atoms with Crippen LogP contribution in [0.25, 0.3) is 10.2 Å². The predicted octanol–water partition coefficient (Wildman–Crippen LogP) is 1.01. The number of hydrogen-bond donors (Lipinski definition) is 2. The van der Waals surface area contributed by atoms with E-state index in [1.165, 1.54) is 0 Å². The van der Waals surface area contributed by atoms with Gasteiger partial charge in [0.25, 0.3) is 0 Å². The van der Waals surface area contributed by atoms with Crippen LogP contribution in [-0.2, 0) is 0 Å². The Kier molecular flexibility index (Phi) is 3.68. The Morgan fingerprint density at radius 2 is 2.22 bits per heavy atom. The topological polar surface area (TPSA) is 53.1 Å². The molecule has 0 saturated carbocycles. The molecule has 2 N–H and O–H groups in total. The normalized spacial score (nSPS) is 17.1. The summed E-state index contributed by atoms with van der Waals surface area (Å²) in [6, 6.07) is 2.03. The zero-order valence-electron chi connectivity index (χ0n) is 10.2. The quantitative estimate of drug-likeness (QED) is 0.862. The van der Waals surface area contributed by atoms with Gasteiger partial charge in [-0.2, -0.15) is 0 Å². The molecule has 0 radical (unpaired) electrons. The standard InChI is InChI=1S/C12H17N5S/c1-8-18-11-10(1)15-9-16-12(11)14-4-7-17-5-2-13-3-6-17/h1,8-9,13H,2-7H2,(H,14,15,16). The van der Waals surface area contributed by atoms with Crippen LogP contribution in [0.5, 0.6) is 0 Å². The third-order valence-corrected chi connectivity index (χ3v) is 4.08. The van der Waals surface area contributed by atoms with Crippen LogP contribution in [0, 0.1) is 0 Å². The van der Waals surface area contributed by atoms with Crippen molar-refractivity contribution in [1.29, 1.82) is 0 Å². The highest BCUT2D eigenvalue weighted by Gasteiger charge is 2.09. The average Bonchev–Trinajstić information content (AvgIpc) is 2.89. The first-order valence-corrected chi connectivity index (χ1v) is 7.16. The van der Waals surface area contributed by atoms with Gasteiger partial charge in [-0.1, -0.05) is 0 Å². The maximum Gasteiger partial charge on any atom is 0.147 e. The monoisotopic (exact) mass is 263 g/mol. The maximum atomic E-state index is 4.32. The number of piperazine rings is 1. The zero-order valence-corrected chi connectivity index (χ0v) is 11.0. The van der Waals surface area contributed by atoms with Crippen molar-refractivity contribution in [1.82, 2.24) is 20.2 Å². The molecule has 0 bridgehead atoms. The number of rotatable bonds is 4. The molecule has 3 rings (SSSR count). The number of nitrogens with one attached hydrogen (secondary N) is 2. The Hall–Kier alpha value is -1.24. The van der Waals surface area contributed by atoms with E-state index in [1.807, 2.05) is 6.07 Å². The second-order valence-corrected chi connectivity index (χ2v) is 5.29. The number of fused-ring (bicyclic) bond motifs is 1. The van der Waals surface area contributed by atoms with Crippen molar-refractivity contribution in [3.63, 3.8) is 0 Å². The molecular weight excluding hydrogens is 246 g/mol. The van der Waals surface area contributed by atoms with Gasteiger partial charge in [-0.15, -0.1) is 11.3 Å². The molecule has 0 aromatic carbocycles. The molecule has 1 aliphatic rings. The molecule has 1 fully saturated rings. The Bertz CT molecular complexity index is 506. The molecular formula is C12H17N5S. The SMILES string of the molecule is c1nc(NCCN2CCNCC2)c2sccc2n1. The van der Waals surface area contributed by atoms with Gasteiger partial charge in [0.2, 0.25) is 0 Å². The first-order valence-electron chi connectivity index (χ1n) is 6.28. The molecule has 0 amide bonds. The number of anilines is 1. The van der Waals surface area contributed by atoms with E-state index in [9.17, 15) is 0 Å². The Morgan fingerprint density at radius 3 is 3.11 bits per heavy atom. The van der Waals surface area contributed by atoms with E-state index < -0.39 is 0 Å². The molecule has 96 valence electrons. The van der Waals surface area contributed by atoms with Crippen LogP contribution in [0.2, 0.25) is 0 Å². The fourth-order valence-corrected chi connectivity index (χ4v) is 2.99. The van der Waals surface area contributed by atoms with E-state index in [2.05, 4.69) is 30.9 Å². The van der Waals surface area contributed by atoms with Gasteiger partial charge in [-0.25, -0.2) is 9.97 Å². The fourth-order valence-electron chi connectivity index (χ4n) is 2.18. The van der Waals surface area contributed by atoms with Gasteiger partial charge in [-0.05, 0) is 11.4 Å². The Morgan fingerprint density at radius 1 is 1.33 bits per heavy atom. The molecule has 2 aromatic rings. The number of nitrogens with zero attached hydrogens (tertiary/aromatic N) is 3. The molecule has 0 atom stereocenters. The van der Waals surface area contributed by atoms with Gasteiger partial charge in [0.05, 0.1) is 10.2 Å². The van der Waals surface area contributed by atoms with E-state index in [0.717, 1.165) is 55.3 Å². The van der Waals surface area contributed by atoms with Crippen molar-refractivity contribution in [3.05, 3.63) is 17.8 Å². The van der Waals surface area contributed by atoms with Crippen LogP contribution in [0.3, 0.4) is 0 Å². The predicted molar refractivity (Wildman–Crippen MR) is 75.2 cm³/mol. The second-order valence-electron chi connectivity index (χ2n) is 4.38. The van der Waals surface area contributed by atoms with E-state index in [0.29, 0.717) is 0 Å². The summed E-state index contributed by atoms with van der Waals surface area (Å²) in [6.07, 6.45) is 1.63. The van der Waals surface area contributed by atoms with Gasteiger partial charge in [-0.3, -0.25) is 4.90 Å². The van der Waals surface area contributed by atoms with Crippen molar-refractivity contribution in [2.24, 2.45) is 0 Å². The maximum absolute atomic E-state index is 4.32. The third kappa shape index (κ3) is 2.60. The summed E-state index contributed by atoms with van der Waals surface area (Å²) in [5.74, 6) is 0.963. The second kappa shape index (κ2) is 5.60. The fraction of sp³-hybridized carbons (Fsp3) is 0.500. The van der Waals surface area contributed by atoms with Gasteiger partial charge < -0.3 is 10.6 Å². The third-order valence-electron chi connectivity index (χ3n) is 3.17. The molecule has 2 aromatic heterocycles. The molecule has 1 saturated heterocycles. The minimum Gasteiger partial charge on any atom is -0.367 e. The summed E-state index contributed by atoms with van der Waals surface area (Å²) >= 11 is 1.69. The van der Waals surface area contributed by atoms with Crippen LogP contribution in [0.1, 0.15) is 0 Å². The molecule has 18 heavy (non-hydrogen) atoms. The Labute approximate surface area is 110 Å². The summed E-state index contributed by atoms with van der Waals surface area (Å²) in [7, 11) is 0. The first-order chi connectivity index (χ1) is 8.93. The van der Waals surface area contributed by atoms with Crippen molar-refractivity contribution in [2.45, 2.75) is 0 Å². The van der Waals surface area contributed by atoms with Crippen molar-refractivity contribution in [2.75, 3.05) is 44.6 Å². The molecule has 0 unspecified atom stereocenters. The molecule has 6 heteroatoms. The lowest BCUT2D eigenvalue weighted by Crippen LogP contribution is -2.45. The van der Waals surface area contributed by atoms with Crippen LogP contribution in [0.15, 0.2) is 17.8 Å². The van der Waals surface area contributed by atoms with Gasteiger partial charge >= 0.3 is 0 Å². The number of aromatic nitrogens is 2. The van der Waals surface area contributed by atoms with Gasteiger partial charge in [0, 0.05) is 39.3 Å². The highest BCUT2D eigenvalue weighted by molar-refractivity contribution is 7.17. The first kappa shape index (κ1) is 11.8. The highest BCUT2D eigenvalue weighted by atomic mass is 32.1. The molecule has 3 heterocycles. The lowest BCUT2D eigenvalue weighted by Gasteiger charge is -2.27. The lowest BCUT2D eigenvalue weighted by atomic mass is 10.3. The van der Waals surface area contributed by atoms with E-state index in [1.54, 1.807) is 17.7 Å². The summed E-state index contributed by atoms with van der Waals surface area (Å²) in [5, 5.41) is 8.84. The molecule has 0 spiro atoms. The zero-order chi connectivity index (χ0) is 12.2. The van der Waals surface area contributed by atoms with Gasteiger partial charge in [0.15, 0.2) is 0 Å². The van der Waals surface area contributed by atoms with Crippen molar-refractivity contribution in [3.8, 4) is 0 Å². The summed E-state index contributed by atoms with van der Waals surface area (Å²) in [6.45, 7) is 6.48. The van der Waals surface area contributed by atoms with E-state index in [-0.39, 0.29) is 0 Å². The van der Waals surface area contributed by atoms with E-state index >= 15 is 0 Å². The van der Waals surface area contributed by atoms with Crippen molar-refractivity contribution < 1.29 is 0 Å². The summed E-state index contributed by atoms with van der Waals surface area (Å²) < 4.78 is 1.15. The average molecular weight is 263 g/mol. The minimum absolute atomic E-state index is 0.935. The number of hydrogen-bond acceptors (Lipinski definition) is 6. The summed E-state index contributed by atoms with van der Waals surface area (Å²) in [4.78, 5) is 11.0. The van der Waals surface area contributed by atoms with Crippen LogP contribution < -0.4 is 10.6 Å². The highest BCUT2D eigenvalue weighted by Crippen LogP contribution is 2.24. The van der Waals surface area contributed by atoms with Crippen molar-refractivity contribution >= 4 is 27.4 Å². The van der Waals surface area contributed by atoms with Crippen LogP contribution >= 0.6 is 11.3 Å². The molecule has 5 nitrogen and oxygen atoms in total. The minimum atomic E-state index is 0.935. The molecule has 0 aliphatic carbocycles. The smallest absolute Gasteiger partial charge is 0.147 e. The van der Waals surface area contributed by atoms with Crippen LogP contribution in [-0.4, -0.2) is 54.1 Å². The van der Waals surface area contributed by atoms with E-state index in [4.69, 9.17) is 0 Å². The molecule has 1 aliphatic heterocycles. The largest absolute Gasteiger partial charge is 0.367 e. The number of thiophene rings is 1. The Balaban J connectivity index is 1.57. The summed E-state index contributed by atoms with van der Waals surface area (Å²) in [5.41, 5.74) is 1.03. The lowest BCUT2D eigenvalue weighted by molar-refractivity contribution is 0.249. The van der Waals surface area contributed by atoms with Crippen LogP contribution in [0.4, 0.5) is 5.82 Å².